The fraction of sp³-hybridized carbons (Fsp3) is 0.229. The summed E-state index contributed by atoms with van der Waals surface area (Å²) in [5, 5.41) is 1.35. The number of esters is 1. The van der Waals surface area contributed by atoms with Gasteiger partial charge in [0.15, 0.2) is 11.5 Å². The summed E-state index contributed by atoms with van der Waals surface area (Å²) < 4.78 is 18.1. The van der Waals surface area contributed by atoms with Gasteiger partial charge in [-0.1, -0.05) is 62.4 Å². The van der Waals surface area contributed by atoms with E-state index in [0.29, 0.717) is 28.0 Å². The summed E-state index contributed by atoms with van der Waals surface area (Å²) in [6, 6.07) is 22.5. The molecule has 5 rings (SSSR count). The van der Waals surface area contributed by atoms with Gasteiger partial charge < -0.3 is 14.2 Å². The first-order chi connectivity index (χ1) is 21.2. The van der Waals surface area contributed by atoms with E-state index in [1.165, 1.54) is 4.90 Å². The van der Waals surface area contributed by atoms with Crippen molar-refractivity contribution in [3.05, 3.63) is 104 Å². The molecule has 0 bridgehead atoms. The average Bonchev–Trinajstić information content (AvgIpc) is 3.25. The highest BCUT2D eigenvalue weighted by molar-refractivity contribution is 9.10. The third kappa shape index (κ3) is 6.84. The van der Waals surface area contributed by atoms with Crippen molar-refractivity contribution in [1.82, 2.24) is 4.90 Å². The van der Waals surface area contributed by atoms with Crippen LogP contribution in [0.3, 0.4) is 0 Å². The van der Waals surface area contributed by atoms with E-state index in [4.69, 9.17) is 14.2 Å². The molecule has 0 N–H and O–H groups in total. The average molecular weight is 675 g/mol. The molecular formula is C35H32BrNO6S. The van der Waals surface area contributed by atoms with E-state index in [9.17, 15) is 14.4 Å². The van der Waals surface area contributed by atoms with E-state index >= 15 is 0 Å². The Balaban J connectivity index is 1.33. The van der Waals surface area contributed by atoms with E-state index in [0.717, 1.165) is 39.4 Å². The molecule has 7 nitrogen and oxygen atoms in total. The highest BCUT2D eigenvalue weighted by Crippen LogP contribution is 2.40. The number of thioether (sulfide) groups is 1. The number of halogens is 1. The standard InChI is InChI=1S/C35H32BrNO6S/c1-5-41-30-19-23(18-28(36)32(30)43-34(39)27-12-8-10-24-9-6-7-11-26(24)27)20-31-33(38)37(35(40)44-31)15-16-42-29-17-22(4)13-14-25(29)21(2)3/h6-14,17-21H,5,15-16H2,1-4H3/b31-20-. The lowest BCUT2D eigenvalue weighted by molar-refractivity contribution is -0.123. The molecular weight excluding hydrogens is 642 g/mol. The molecule has 0 unspecified atom stereocenters. The van der Waals surface area contributed by atoms with Crippen LogP contribution in [-0.4, -0.2) is 41.8 Å². The Hall–Kier alpha value is -4.08. The Bertz CT molecular complexity index is 1780. The fourth-order valence-corrected chi connectivity index (χ4v) is 6.32. The second kappa shape index (κ2) is 13.7. The molecule has 0 aromatic heterocycles. The van der Waals surface area contributed by atoms with Crippen molar-refractivity contribution in [2.75, 3.05) is 19.8 Å². The fourth-order valence-electron chi connectivity index (χ4n) is 4.92. The summed E-state index contributed by atoms with van der Waals surface area (Å²) in [6.45, 7) is 8.64. The summed E-state index contributed by atoms with van der Waals surface area (Å²) in [5.41, 5.74) is 3.19. The lowest BCUT2D eigenvalue weighted by atomic mass is 10.0. The first-order valence-electron chi connectivity index (χ1n) is 14.3. The van der Waals surface area contributed by atoms with Crippen molar-refractivity contribution < 1.29 is 28.6 Å². The number of nitrogens with zero attached hydrogens (tertiary/aromatic N) is 1. The van der Waals surface area contributed by atoms with Gasteiger partial charge in [0, 0.05) is 0 Å². The number of carbonyl (C=O) groups is 3. The van der Waals surface area contributed by atoms with E-state index in [2.05, 4.69) is 29.8 Å². The van der Waals surface area contributed by atoms with Gasteiger partial charge in [0.05, 0.1) is 28.1 Å². The molecule has 1 aliphatic rings. The summed E-state index contributed by atoms with van der Waals surface area (Å²) in [6.07, 6.45) is 1.63. The van der Waals surface area contributed by atoms with Gasteiger partial charge in [-0.15, -0.1) is 0 Å². The summed E-state index contributed by atoms with van der Waals surface area (Å²) in [4.78, 5) is 40.7. The minimum atomic E-state index is -0.522. The number of rotatable bonds is 10. The molecule has 226 valence electrons. The number of imide groups is 1. The highest BCUT2D eigenvalue weighted by atomic mass is 79.9. The number of aryl methyl sites for hydroxylation is 1. The third-order valence-electron chi connectivity index (χ3n) is 7.07. The first kappa shape index (κ1) is 31.3. The van der Waals surface area contributed by atoms with E-state index in [1.807, 2.05) is 68.4 Å². The lowest BCUT2D eigenvalue weighted by Gasteiger charge is -2.17. The van der Waals surface area contributed by atoms with Gasteiger partial charge >= 0.3 is 5.97 Å². The highest BCUT2D eigenvalue weighted by Gasteiger charge is 2.35. The Kier molecular flexibility index (Phi) is 9.76. The Labute approximate surface area is 269 Å². The van der Waals surface area contributed by atoms with Crippen LogP contribution in [-0.2, 0) is 4.79 Å². The number of carbonyl (C=O) groups excluding carboxylic acids is 3. The maximum atomic E-state index is 13.2. The molecule has 44 heavy (non-hydrogen) atoms. The van der Waals surface area contributed by atoms with Crippen LogP contribution < -0.4 is 14.2 Å². The van der Waals surface area contributed by atoms with Crippen LogP contribution in [0.25, 0.3) is 16.8 Å². The van der Waals surface area contributed by atoms with Crippen LogP contribution in [0, 0.1) is 6.92 Å². The number of benzene rings is 4. The predicted octanol–water partition coefficient (Wildman–Crippen LogP) is 8.77. The lowest BCUT2D eigenvalue weighted by Crippen LogP contribution is -2.32. The summed E-state index contributed by atoms with van der Waals surface area (Å²) in [5.74, 6) is 0.678. The summed E-state index contributed by atoms with van der Waals surface area (Å²) in [7, 11) is 0. The van der Waals surface area contributed by atoms with Gasteiger partial charge in [0.25, 0.3) is 11.1 Å². The predicted molar refractivity (Wildman–Crippen MR) is 178 cm³/mol. The number of hydrogen-bond donors (Lipinski definition) is 0. The molecule has 0 atom stereocenters. The van der Waals surface area contributed by atoms with Crippen molar-refractivity contribution >= 4 is 61.7 Å². The molecule has 1 aliphatic heterocycles. The van der Waals surface area contributed by atoms with Gasteiger partial charge in [-0.3, -0.25) is 14.5 Å². The van der Waals surface area contributed by atoms with Gasteiger partial charge in [-0.2, -0.15) is 0 Å². The minimum absolute atomic E-state index is 0.129. The van der Waals surface area contributed by atoms with Crippen LogP contribution in [0.1, 0.15) is 53.7 Å². The molecule has 0 aliphatic carbocycles. The Morgan fingerprint density at radius 2 is 1.75 bits per heavy atom. The second-order valence-electron chi connectivity index (χ2n) is 10.6. The normalized spacial score (nSPS) is 14.1. The minimum Gasteiger partial charge on any atom is -0.491 e. The first-order valence-corrected chi connectivity index (χ1v) is 15.9. The summed E-state index contributed by atoms with van der Waals surface area (Å²) >= 11 is 4.39. The van der Waals surface area contributed by atoms with Crippen LogP contribution in [0.15, 0.2) is 82.2 Å². The van der Waals surface area contributed by atoms with Crippen LogP contribution in [0.5, 0.6) is 17.2 Å². The van der Waals surface area contributed by atoms with Gasteiger partial charge in [-0.25, -0.2) is 4.79 Å². The van der Waals surface area contributed by atoms with Crippen molar-refractivity contribution in [3.63, 3.8) is 0 Å². The Morgan fingerprint density at radius 3 is 2.52 bits per heavy atom. The molecule has 4 aromatic rings. The van der Waals surface area contributed by atoms with E-state index in [1.54, 1.807) is 24.3 Å². The van der Waals surface area contributed by atoms with Crippen LogP contribution >= 0.6 is 27.7 Å². The monoisotopic (exact) mass is 673 g/mol. The maximum Gasteiger partial charge on any atom is 0.344 e. The molecule has 4 aromatic carbocycles. The SMILES string of the molecule is CCOc1cc(/C=C2\SC(=O)N(CCOc3cc(C)ccc3C(C)C)C2=O)cc(Br)c1OC(=O)c1cccc2ccccc12. The molecule has 1 heterocycles. The van der Waals surface area contributed by atoms with Gasteiger partial charge in [-0.05, 0) is 105 Å². The third-order valence-corrected chi connectivity index (χ3v) is 8.57. The molecule has 0 saturated carbocycles. The quantitative estimate of drug-likeness (QED) is 0.0945. The van der Waals surface area contributed by atoms with Crippen LogP contribution in [0.2, 0.25) is 0 Å². The topological polar surface area (TPSA) is 82.1 Å². The van der Waals surface area contributed by atoms with E-state index in [-0.39, 0.29) is 35.0 Å². The molecule has 1 fully saturated rings. The zero-order valence-electron chi connectivity index (χ0n) is 24.9. The smallest absolute Gasteiger partial charge is 0.344 e. The van der Waals surface area contributed by atoms with Crippen molar-refractivity contribution in [1.29, 1.82) is 0 Å². The van der Waals surface area contributed by atoms with Crippen molar-refractivity contribution in [2.45, 2.75) is 33.6 Å². The molecule has 0 radical (unpaired) electrons. The molecule has 2 amide bonds. The van der Waals surface area contributed by atoms with Crippen molar-refractivity contribution in [3.8, 4) is 17.2 Å². The Morgan fingerprint density at radius 1 is 0.977 bits per heavy atom. The zero-order valence-corrected chi connectivity index (χ0v) is 27.3. The number of amides is 2. The van der Waals surface area contributed by atoms with Crippen molar-refractivity contribution in [2.24, 2.45) is 0 Å². The largest absolute Gasteiger partial charge is 0.491 e. The van der Waals surface area contributed by atoms with Gasteiger partial charge in [0.2, 0.25) is 0 Å². The molecule has 1 saturated heterocycles. The molecule has 9 heteroatoms. The number of ether oxygens (including phenoxy) is 3. The molecule has 0 spiro atoms. The van der Waals surface area contributed by atoms with Gasteiger partial charge in [0.1, 0.15) is 12.4 Å². The maximum absolute atomic E-state index is 13.2. The number of fused-ring (bicyclic) bond motifs is 1. The second-order valence-corrected chi connectivity index (χ2v) is 12.4. The van der Waals surface area contributed by atoms with E-state index < -0.39 is 11.9 Å². The number of hydrogen-bond acceptors (Lipinski definition) is 7. The zero-order chi connectivity index (χ0) is 31.4. The van der Waals surface area contributed by atoms with Crippen LogP contribution in [0.4, 0.5) is 4.79 Å².